The number of hydrogen-bond donors (Lipinski definition) is 1. The molecule has 0 spiro atoms. The van der Waals surface area contributed by atoms with Gasteiger partial charge in [-0.1, -0.05) is 13.0 Å². The highest BCUT2D eigenvalue weighted by molar-refractivity contribution is 6.05. The van der Waals surface area contributed by atoms with Gasteiger partial charge >= 0.3 is 0 Å². The van der Waals surface area contributed by atoms with Crippen molar-refractivity contribution >= 4 is 23.2 Å². The van der Waals surface area contributed by atoms with Gasteiger partial charge in [-0.05, 0) is 67.3 Å². The summed E-state index contributed by atoms with van der Waals surface area (Å²) >= 11 is 0. The van der Waals surface area contributed by atoms with E-state index in [9.17, 15) is 9.59 Å². The van der Waals surface area contributed by atoms with Crippen LogP contribution in [-0.2, 0) is 11.2 Å². The average molecular weight is 322 g/mol. The van der Waals surface area contributed by atoms with E-state index in [0.29, 0.717) is 18.5 Å². The largest absolute Gasteiger partial charge is 0.322 e. The van der Waals surface area contributed by atoms with E-state index in [-0.39, 0.29) is 11.8 Å². The molecule has 0 fully saturated rings. The molecule has 0 unspecified atom stereocenters. The van der Waals surface area contributed by atoms with Crippen LogP contribution < -0.4 is 10.2 Å². The Bertz CT molecular complexity index is 791. The summed E-state index contributed by atoms with van der Waals surface area (Å²) in [7, 11) is 0. The van der Waals surface area contributed by atoms with Gasteiger partial charge < -0.3 is 10.2 Å². The van der Waals surface area contributed by atoms with Gasteiger partial charge in [-0.25, -0.2) is 0 Å². The Morgan fingerprint density at radius 3 is 2.46 bits per heavy atom. The van der Waals surface area contributed by atoms with Gasteiger partial charge in [0.15, 0.2) is 0 Å². The third-order valence-corrected chi connectivity index (χ3v) is 4.32. The van der Waals surface area contributed by atoms with Crippen molar-refractivity contribution in [3.8, 4) is 0 Å². The van der Waals surface area contributed by atoms with Gasteiger partial charge in [0.25, 0.3) is 5.91 Å². The molecule has 1 N–H and O–H groups in total. The predicted molar refractivity (Wildman–Crippen MR) is 96.7 cm³/mol. The summed E-state index contributed by atoms with van der Waals surface area (Å²) in [6.45, 7) is 6.59. The molecule has 0 aliphatic carbocycles. The second-order valence-corrected chi connectivity index (χ2v) is 6.32. The lowest BCUT2D eigenvalue weighted by Gasteiger charge is -2.16. The van der Waals surface area contributed by atoms with Crippen molar-refractivity contribution in [2.75, 3.05) is 16.8 Å². The first-order valence-electron chi connectivity index (χ1n) is 8.31. The van der Waals surface area contributed by atoms with E-state index in [1.54, 1.807) is 11.0 Å². The SMILES string of the molecule is CCC(=O)N1CCc2cc(C(=O)Nc3cc(C)cc(C)c3)ccc21. The van der Waals surface area contributed by atoms with E-state index in [2.05, 4.69) is 11.4 Å². The zero-order valence-corrected chi connectivity index (χ0v) is 14.3. The molecule has 1 aliphatic rings. The first kappa shape index (κ1) is 16.2. The molecule has 4 heteroatoms. The maximum Gasteiger partial charge on any atom is 0.255 e. The fourth-order valence-corrected chi connectivity index (χ4v) is 3.24. The van der Waals surface area contributed by atoms with Crippen molar-refractivity contribution in [2.45, 2.75) is 33.6 Å². The molecule has 0 atom stereocenters. The standard InChI is InChI=1S/C20H22N2O2/c1-4-19(23)22-8-7-15-12-16(5-6-18(15)22)20(24)21-17-10-13(2)9-14(3)11-17/h5-6,9-12H,4,7-8H2,1-3H3,(H,21,24). The molecule has 0 bridgehead atoms. The minimum atomic E-state index is -0.122. The summed E-state index contributed by atoms with van der Waals surface area (Å²) in [6, 6.07) is 11.6. The molecular formula is C20H22N2O2. The van der Waals surface area contributed by atoms with E-state index in [4.69, 9.17) is 0 Å². The molecule has 4 nitrogen and oxygen atoms in total. The molecule has 24 heavy (non-hydrogen) atoms. The zero-order valence-electron chi connectivity index (χ0n) is 14.3. The molecule has 2 aromatic carbocycles. The Morgan fingerprint density at radius 1 is 1.08 bits per heavy atom. The van der Waals surface area contributed by atoms with Crippen LogP contribution in [0.4, 0.5) is 11.4 Å². The number of carbonyl (C=O) groups is 2. The van der Waals surface area contributed by atoms with Crippen LogP contribution >= 0.6 is 0 Å². The van der Waals surface area contributed by atoms with Gasteiger partial charge in [0.1, 0.15) is 0 Å². The summed E-state index contributed by atoms with van der Waals surface area (Å²) in [5, 5.41) is 2.96. The van der Waals surface area contributed by atoms with Crippen molar-refractivity contribution in [3.05, 3.63) is 58.7 Å². The highest BCUT2D eigenvalue weighted by Gasteiger charge is 2.24. The number of carbonyl (C=O) groups excluding carboxylic acids is 2. The normalized spacial score (nSPS) is 12.9. The third kappa shape index (κ3) is 3.18. The summed E-state index contributed by atoms with van der Waals surface area (Å²) < 4.78 is 0. The number of fused-ring (bicyclic) bond motifs is 1. The van der Waals surface area contributed by atoms with Crippen LogP contribution in [0.5, 0.6) is 0 Å². The minimum absolute atomic E-state index is 0.122. The van der Waals surface area contributed by atoms with Crippen LogP contribution in [0.3, 0.4) is 0 Å². The van der Waals surface area contributed by atoms with Crippen LogP contribution in [0.25, 0.3) is 0 Å². The number of anilines is 2. The van der Waals surface area contributed by atoms with Gasteiger partial charge in [-0.2, -0.15) is 0 Å². The van der Waals surface area contributed by atoms with Crippen LogP contribution in [0.2, 0.25) is 0 Å². The van der Waals surface area contributed by atoms with E-state index < -0.39 is 0 Å². The Hall–Kier alpha value is -2.62. The van der Waals surface area contributed by atoms with Crippen molar-refractivity contribution in [1.82, 2.24) is 0 Å². The van der Waals surface area contributed by atoms with Crippen LogP contribution in [0.15, 0.2) is 36.4 Å². The second kappa shape index (κ2) is 6.48. The lowest BCUT2D eigenvalue weighted by molar-refractivity contribution is -0.118. The molecule has 2 aromatic rings. The molecule has 3 rings (SSSR count). The van der Waals surface area contributed by atoms with Gasteiger partial charge in [0.05, 0.1) is 0 Å². The predicted octanol–water partition coefficient (Wildman–Crippen LogP) is 3.85. The van der Waals surface area contributed by atoms with Crippen LogP contribution in [0.1, 0.15) is 40.4 Å². The summed E-state index contributed by atoms with van der Waals surface area (Å²) in [4.78, 5) is 26.3. The molecule has 124 valence electrons. The van der Waals surface area contributed by atoms with Crippen LogP contribution in [-0.4, -0.2) is 18.4 Å². The first-order chi connectivity index (χ1) is 11.5. The summed E-state index contributed by atoms with van der Waals surface area (Å²) in [5.74, 6) is 0.00394. The molecule has 1 heterocycles. The molecule has 0 aromatic heterocycles. The lowest BCUT2D eigenvalue weighted by Crippen LogP contribution is -2.27. The van der Waals surface area contributed by atoms with E-state index in [0.717, 1.165) is 34.5 Å². The van der Waals surface area contributed by atoms with Gasteiger partial charge in [0.2, 0.25) is 5.91 Å². The van der Waals surface area contributed by atoms with E-state index in [1.165, 1.54) is 0 Å². The number of hydrogen-bond acceptors (Lipinski definition) is 2. The molecule has 2 amide bonds. The van der Waals surface area contributed by atoms with Crippen molar-refractivity contribution in [3.63, 3.8) is 0 Å². The maximum atomic E-state index is 12.5. The molecule has 0 saturated heterocycles. The second-order valence-electron chi connectivity index (χ2n) is 6.32. The van der Waals surface area contributed by atoms with E-state index >= 15 is 0 Å². The number of amides is 2. The van der Waals surface area contributed by atoms with Gasteiger partial charge in [-0.15, -0.1) is 0 Å². The Kier molecular flexibility index (Phi) is 4.38. The zero-order chi connectivity index (χ0) is 17.3. The Morgan fingerprint density at radius 2 is 1.79 bits per heavy atom. The fraction of sp³-hybridized carbons (Fsp3) is 0.300. The molecule has 0 radical (unpaired) electrons. The smallest absolute Gasteiger partial charge is 0.255 e. The number of nitrogens with one attached hydrogen (secondary N) is 1. The monoisotopic (exact) mass is 322 g/mol. The Labute approximate surface area is 142 Å². The van der Waals surface area contributed by atoms with Crippen molar-refractivity contribution in [2.24, 2.45) is 0 Å². The fourth-order valence-electron chi connectivity index (χ4n) is 3.24. The number of benzene rings is 2. The topological polar surface area (TPSA) is 49.4 Å². The van der Waals surface area contributed by atoms with Gasteiger partial charge in [-0.3, -0.25) is 9.59 Å². The minimum Gasteiger partial charge on any atom is -0.322 e. The van der Waals surface area contributed by atoms with E-state index in [1.807, 2.05) is 45.0 Å². The molecule has 1 aliphatic heterocycles. The van der Waals surface area contributed by atoms with Crippen LogP contribution in [0, 0.1) is 13.8 Å². The quantitative estimate of drug-likeness (QED) is 0.933. The lowest BCUT2D eigenvalue weighted by atomic mass is 10.1. The maximum absolute atomic E-state index is 12.5. The summed E-state index contributed by atoms with van der Waals surface area (Å²) in [5.41, 5.74) is 5.66. The highest BCUT2D eigenvalue weighted by Crippen LogP contribution is 2.29. The average Bonchev–Trinajstić information content (AvgIpc) is 2.96. The molecular weight excluding hydrogens is 300 g/mol. The Balaban J connectivity index is 1.81. The number of aryl methyl sites for hydroxylation is 2. The first-order valence-corrected chi connectivity index (χ1v) is 8.31. The van der Waals surface area contributed by atoms with Crippen molar-refractivity contribution < 1.29 is 9.59 Å². The van der Waals surface area contributed by atoms with Gasteiger partial charge in [0, 0.05) is 29.9 Å². The highest BCUT2D eigenvalue weighted by atomic mass is 16.2. The third-order valence-electron chi connectivity index (χ3n) is 4.32. The number of nitrogens with zero attached hydrogens (tertiary/aromatic N) is 1. The van der Waals surface area contributed by atoms with Crippen molar-refractivity contribution in [1.29, 1.82) is 0 Å². The molecule has 0 saturated carbocycles. The summed E-state index contributed by atoms with van der Waals surface area (Å²) in [6.07, 6.45) is 1.29. The number of rotatable bonds is 3.